The molecular formula is C15H20Cl2FNO4. The zero-order valence-electron chi connectivity index (χ0n) is 13.1. The second-order valence-electron chi connectivity index (χ2n) is 6.03. The van der Waals surface area contributed by atoms with E-state index in [1.807, 2.05) is 0 Å². The van der Waals surface area contributed by atoms with Crippen LogP contribution in [0.3, 0.4) is 0 Å². The first-order valence-electron chi connectivity index (χ1n) is 6.98. The van der Waals surface area contributed by atoms with Gasteiger partial charge in [0.1, 0.15) is 11.7 Å². The minimum Gasteiger partial charge on any atom is -0.444 e. The Balaban J connectivity index is 2.55. The van der Waals surface area contributed by atoms with E-state index in [1.165, 1.54) is 12.1 Å². The number of alkyl carbamates (subject to hydrolysis) is 1. The molecule has 0 aliphatic carbocycles. The summed E-state index contributed by atoms with van der Waals surface area (Å²) < 4.78 is 18.4. The fraction of sp³-hybridized carbons (Fsp3) is 0.533. The Kier molecular flexibility index (Phi) is 7.07. The minimum atomic E-state index is -1.31. The molecule has 2 atom stereocenters. The lowest BCUT2D eigenvalue weighted by Gasteiger charge is -2.21. The zero-order chi connectivity index (χ0) is 17.8. The van der Waals surface area contributed by atoms with E-state index in [0.29, 0.717) is 0 Å². The highest BCUT2D eigenvalue weighted by molar-refractivity contribution is 6.35. The van der Waals surface area contributed by atoms with E-state index >= 15 is 0 Å². The molecule has 0 saturated carbocycles. The van der Waals surface area contributed by atoms with Crippen LogP contribution in [0.15, 0.2) is 12.1 Å². The van der Waals surface area contributed by atoms with Crippen LogP contribution < -0.4 is 5.32 Å². The van der Waals surface area contributed by atoms with E-state index < -0.39 is 29.7 Å². The smallest absolute Gasteiger partial charge is 0.407 e. The van der Waals surface area contributed by atoms with Crippen molar-refractivity contribution < 1.29 is 24.1 Å². The standard InChI is InChI=1S/C15H20Cl2FNO4/c1-15(2,3)23-14(22)19-5-4-11(20)13(21)8-6-9(16)12(18)10(17)7-8/h6-7,11,13,20-21H,4-5H2,1-3H3,(H,19,22). The number of nitrogens with one attached hydrogen (secondary N) is 1. The number of hydrogen-bond donors (Lipinski definition) is 3. The van der Waals surface area contributed by atoms with Crippen LogP contribution in [-0.2, 0) is 4.74 Å². The van der Waals surface area contributed by atoms with Crippen LogP contribution in [0.5, 0.6) is 0 Å². The van der Waals surface area contributed by atoms with Crippen molar-refractivity contribution >= 4 is 29.3 Å². The van der Waals surface area contributed by atoms with Gasteiger partial charge in [0.15, 0.2) is 5.82 Å². The number of benzene rings is 1. The largest absolute Gasteiger partial charge is 0.444 e. The van der Waals surface area contributed by atoms with Crippen LogP contribution in [0.1, 0.15) is 38.9 Å². The van der Waals surface area contributed by atoms with Crippen LogP contribution in [0.25, 0.3) is 0 Å². The molecule has 0 aliphatic heterocycles. The topological polar surface area (TPSA) is 78.8 Å². The molecule has 5 nitrogen and oxygen atoms in total. The lowest BCUT2D eigenvalue weighted by molar-refractivity contribution is 0.0123. The van der Waals surface area contributed by atoms with Crippen LogP contribution in [0.2, 0.25) is 10.0 Å². The number of carbonyl (C=O) groups excluding carboxylic acids is 1. The molecule has 0 bridgehead atoms. The molecule has 0 radical (unpaired) electrons. The van der Waals surface area contributed by atoms with E-state index in [4.69, 9.17) is 27.9 Å². The predicted octanol–water partition coefficient (Wildman–Crippen LogP) is 3.44. The van der Waals surface area contributed by atoms with Gasteiger partial charge in [-0.2, -0.15) is 0 Å². The third-order valence-corrected chi connectivity index (χ3v) is 3.37. The highest BCUT2D eigenvalue weighted by Gasteiger charge is 2.22. The molecule has 23 heavy (non-hydrogen) atoms. The first-order chi connectivity index (χ1) is 10.5. The molecule has 0 aromatic heterocycles. The van der Waals surface area contributed by atoms with Gasteiger partial charge in [0, 0.05) is 6.54 Å². The molecule has 0 aliphatic rings. The Labute approximate surface area is 144 Å². The summed E-state index contributed by atoms with van der Waals surface area (Å²) >= 11 is 11.3. The van der Waals surface area contributed by atoms with Crippen molar-refractivity contribution in [2.45, 2.75) is 45.0 Å². The minimum absolute atomic E-state index is 0.0625. The molecule has 1 aromatic carbocycles. The molecular weight excluding hydrogens is 348 g/mol. The fourth-order valence-corrected chi connectivity index (χ4v) is 2.27. The lowest BCUT2D eigenvalue weighted by atomic mass is 10.0. The van der Waals surface area contributed by atoms with Crippen molar-refractivity contribution in [2.24, 2.45) is 0 Å². The molecule has 0 fully saturated rings. The normalized spacial score (nSPS) is 14.3. The van der Waals surface area contributed by atoms with Gasteiger partial charge in [0.2, 0.25) is 0 Å². The third-order valence-electron chi connectivity index (χ3n) is 2.82. The first kappa shape index (κ1) is 20.0. The maximum atomic E-state index is 13.3. The maximum absolute atomic E-state index is 13.3. The molecule has 130 valence electrons. The lowest BCUT2D eigenvalue weighted by Crippen LogP contribution is -2.34. The van der Waals surface area contributed by atoms with E-state index in [1.54, 1.807) is 20.8 Å². The van der Waals surface area contributed by atoms with Gasteiger partial charge in [0.25, 0.3) is 0 Å². The van der Waals surface area contributed by atoms with Gasteiger partial charge in [0.05, 0.1) is 16.1 Å². The van der Waals surface area contributed by atoms with Gasteiger partial charge >= 0.3 is 6.09 Å². The third kappa shape index (κ3) is 6.51. The quantitative estimate of drug-likeness (QED) is 0.696. The Morgan fingerprint density at radius 1 is 1.30 bits per heavy atom. The van der Waals surface area contributed by atoms with Crippen LogP contribution >= 0.6 is 23.2 Å². The number of aliphatic hydroxyl groups is 2. The number of amides is 1. The summed E-state index contributed by atoms with van der Waals surface area (Å²) in [6, 6.07) is 2.38. The number of ether oxygens (including phenoxy) is 1. The van der Waals surface area contributed by atoms with Crippen molar-refractivity contribution in [2.75, 3.05) is 6.54 Å². The molecule has 2 unspecified atom stereocenters. The van der Waals surface area contributed by atoms with Crippen LogP contribution in [0, 0.1) is 5.82 Å². The predicted molar refractivity (Wildman–Crippen MR) is 86.2 cm³/mol. The van der Waals surface area contributed by atoms with Crippen LogP contribution in [-0.4, -0.2) is 34.6 Å². The molecule has 0 saturated heterocycles. The maximum Gasteiger partial charge on any atom is 0.407 e. The molecule has 1 aromatic rings. The summed E-state index contributed by atoms with van der Waals surface area (Å²) in [5.74, 6) is -0.787. The second-order valence-corrected chi connectivity index (χ2v) is 6.84. The Morgan fingerprint density at radius 2 is 1.83 bits per heavy atom. The van der Waals surface area contributed by atoms with Crippen molar-refractivity contribution in [3.05, 3.63) is 33.6 Å². The van der Waals surface area contributed by atoms with Gasteiger partial charge < -0.3 is 20.3 Å². The van der Waals surface area contributed by atoms with Crippen molar-refractivity contribution in [3.8, 4) is 0 Å². The van der Waals surface area contributed by atoms with Crippen molar-refractivity contribution in [1.29, 1.82) is 0 Å². The number of aliphatic hydroxyl groups excluding tert-OH is 2. The van der Waals surface area contributed by atoms with Crippen molar-refractivity contribution in [3.63, 3.8) is 0 Å². The average molecular weight is 368 g/mol. The van der Waals surface area contributed by atoms with Gasteiger partial charge in [-0.25, -0.2) is 9.18 Å². The highest BCUT2D eigenvalue weighted by atomic mass is 35.5. The van der Waals surface area contributed by atoms with Crippen LogP contribution in [0.4, 0.5) is 9.18 Å². The molecule has 1 amide bonds. The molecule has 3 N–H and O–H groups in total. The van der Waals surface area contributed by atoms with Gasteiger partial charge in [-0.1, -0.05) is 23.2 Å². The molecule has 1 rings (SSSR count). The average Bonchev–Trinajstić information content (AvgIpc) is 2.41. The molecule has 0 heterocycles. The Hall–Kier alpha value is -1.08. The summed E-state index contributed by atoms with van der Waals surface area (Å²) in [6.07, 6.45) is -3.06. The second kappa shape index (κ2) is 8.15. The first-order valence-corrected chi connectivity index (χ1v) is 7.74. The highest BCUT2D eigenvalue weighted by Crippen LogP contribution is 2.29. The van der Waals surface area contributed by atoms with Gasteiger partial charge in [-0.15, -0.1) is 0 Å². The summed E-state index contributed by atoms with van der Waals surface area (Å²) in [5, 5.41) is 22.0. The zero-order valence-corrected chi connectivity index (χ0v) is 14.6. The summed E-state index contributed by atoms with van der Waals surface area (Å²) in [5.41, 5.74) is -0.435. The summed E-state index contributed by atoms with van der Waals surface area (Å²) in [7, 11) is 0. The number of carbonyl (C=O) groups is 1. The summed E-state index contributed by atoms with van der Waals surface area (Å²) in [4.78, 5) is 11.5. The Morgan fingerprint density at radius 3 is 2.30 bits per heavy atom. The van der Waals surface area contributed by atoms with E-state index in [9.17, 15) is 19.4 Å². The molecule has 0 spiro atoms. The van der Waals surface area contributed by atoms with E-state index in [2.05, 4.69) is 5.32 Å². The van der Waals surface area contributed by atoms with E-state index in [0.717, 1.165) is 0 Å². The van der Waals surface area contributed by atoms with Gasteiger partial charge in [-0.05, 0) is 44.9 Å². The van der Waals surface area contributed by atoms with Gasteiger partial charge in [-0.3, -0.25) is 0 Å². The number of rotatable bonds is 5. The Bertz CT molecular complexity index is 540. The number of halogens is 3. The number of hydrogen-bond acceptors (Lipinski definition) is 4. The van der Waals surface area contributed by atoms with Crippen molar-refractivity contribution in [1.82, 2.24) is 5.32 Å². The molecule has 8 heteroatoms. The summed E-state index contributed by atoms with van der Waals surface area (Å²) in [6.45, 7) is 5.28. The van der Waals surface area contributed by atoms with E-state index in [-0.39, 0.29) is 28.6 Å². The monoisotopic (exact) mass is 367 g/mol. The fourth-order valence-electron chi connectivity index (χ4n) is 1.76. The SMILES string of the molecule is CC(C)(C)OC(=O)NCCC(O)C(O)c1cc(Cl)c(F)c(Cl)c1.